The molecule has 2 amide bonds. The van der Waals surface area contributed by atoms with Crippen LogP contribution in [0.4, 0.5) is 25.1 Å². The topological polar surface area (TPSA) is 121 Å². The third-order valence-electron chi connectivity index (χ3n) is 5.78. The van der Waals surface area contributed by atoms with Gasteiger partial charge in [0.05, 0.1) is 25.3 Å². The summed E-state index contributed by atoms with van der Waals surface area (Å²) in [5.74, 6) is 0.609. The number of benzene rings is 1. The molecule has 0 spiro atoms. The average molecular weight is 449 g/mol. The molecule has 2 aromatic rings. The average Bonchev–Trinajstić information content (AvgIpc) is 3.25. The molecule has 2 unspecified atom stereocenters. The normalized spacial score (nSPS) is 21.2. The van der Waals surface area contributed by atoms with Crippen LogP contribution in [0.15, 0.2) is 24.4 Å². The van der Waals surface area contributed by atoms with Gasteiger partial charge in [-0.15, -0.1) is 0 Å². The highest BCUT2D eigenvalue weighted by molar-refractivity contribution is 5.90. The number of alkyl halides is 2. The monoisotopic (exact) mass is 449 g/mol. The molecule has 2 saturated heterocycles. The molecule has 0 radical (unpaired) electrons. The zero-order chi connectivity index (χ0) is 22.4. The Balaban J connectivity index is 1.45. The summed E-state index contributed by atoms with van der Waals surface area (Å²) >= 11 is 0. The number of nitrogens with zero attached hydrogens (tertiary/aromatic N) is 3. The lowest BCUT2D eigenvalue weighted by molar-refractivity contribution is -0.124. The molecule has 1 aromatic carbocycles. The van der Waals surface area contributed by atoms with E-state index in [1.807, 2.05) is 0 Å². The molecule has 0 bridgehead atoms. The van der Waals surface area contributed by atoms with Crippen LogP contribution in [-0.2, 0) is 20.8 Å². The molecule has 3 aliphatic rings. The number of primary amides is 1. The molecule has 0 aliphatic carbocycles. The molecule has 1 aromatic heterocycles. The van der Waals surface area contributed by atoms with Gasteiger partial charge in [0, 0.05) is 23.9 Å². The predicted molar refractivity (Wildman–Crippen MR) is 108 cm³/mol. The van der Waals surface area contributed by atoms with E-state index in [9.17, 15) is 18.4 Å². The second kappa shape index (κ2) is 7.93. The summed E-state index contributed by atoms with van der Waals surface area (Å²) in [6, 6.07) is 3.29. The zero-order valence-corrected chi connectivity index (χ0v) is 16.9. The van der Waals surface area contributed by atoms with Crippen molar-refractivity contribution < 1.29 is 32.6 Å². The molecule has 3 N–H and O–H groups in total. The highest BCUT2D eigenvalue weighted by atomic mass is 19.3. The number of carbonyl (C=O) groups is 2. The Kier molecular flexibility index (Phi) is 5.08. The molecule has 5 rings (SSSR count). The number of anilines is 2. The maximum absolute atomic E-state index is 13.4. The van der Waals surface area contributed by atoms with Gasteiger partial charge < -0.3 is 29.8 Å². The minimum Gasteiger partial charge on any atom is -0.491 e. The largest absolute Gasteiger partial charge is 0.491 e. The van der Waals surface area contributed by atoms with E-state index >= 15 is 0 Å². The molecule has 4 heterocycles. The Morgan fingerprint density at radius 3 is 2.75 bits per heavy atom. The number of hydrogen-bond donors (Lipinski definition) is 2. The van der Waals surface area contributed by atoms with Gasteiger partial charge in [-0.3, -0.25) is 4.79 Å². The van der Waals surface area contributed by atoms with Crippen LogP contribution in [0.25, 0.3) is 11.4 Å². The number of halogens is 2. The van der Waals surface area contributed by atoms with Gasteiger partial charge in [-0.2, -0.15) is 0 Å². The van der Waals surface area contributed by atoms with Gasteiger partial charge in [0.1, 0.15) is 36.9 Å². The van der Waals surface area contributed by atoms with Crippen molar-refractivity contribution in [1.82, 2.24) is 9.55 Å². The second-order valence-corrected chi connectivity index (χ2v) is 7.85. The van der Waals surface area contributed by atoms with E-state index in [4.69, 9.17) is 19.9 Å². The second-order valence-electron chi connectivity index (χ2n) is 7.85. The number of nitrogens with two attached hydrogens (primary N) is 1. The van der Waals surface area contributed by atoms with Gasteiger partial charge in [0.2, 0.25) is 5.91 Å². The Morgan fingerprint density at radius 1 is 1.25 bits per heavy atom. The summed E-state index contributed by atoms with van der Waals surface area (Å²) < 4.78 is 44.3. The van der Waals surface area contributed by atoms with Crippen molar-refractivity contribution in [2.75, 3.05) is 36.6 Å². The number of cyclic esters (lactones) is 1. The molecule has 10 nitrogen and oxygen atoms in total. The maximum Gasteiger partial charge on any atom is 0.416 e. The number of rotatable bonds is 6. The van der Waals surface area contributed by atoms with Crippen molar-refractivity contribution >= 4 is 23.5 Å². The van der Waals surface area contributed by atoms with Gasteiger partial charge in [0.25, 0.3) is 6.43 Å². The van der Waals surface area contributed by atoms with Crippen molar-refractivity contribution in [2.24, 2.45) is 11.7 Å². The highest BCUT2D eigenvalue weighted by Crippen LogP contribution is 2.37. The van der Waals surface area contributed by atoms with Gasteiger partial charge in [-0.05, 0) is 12.1 Å². The van der Waals surface area contributed by atoms with Gasteiger partial charge >= 0.3 is 6.09 Å². The maximum atomic E-state index is 13.4. The Hall–Kier alpha value is -3.41. The van der Waals surface area contributed by atoms with Crippen molar-refractivity contribution in [3.05, 3.63) is 24.4 Å². The molecular formula is C20H21F2N5O5. The van der Waals surface area contributed by atoms with Crippen LogP contribution in [0.2, 0.25) is 0 Å². The van der Waals surface area contributed by atoms with E-state index in [0.717, 1.165) is 4.90 Å². The van der Waals surface area contributed by atoms with Crippen LogP contribution in [0.3, 0.4) is 0 Å². The highest BCUT2D eigenvalue weighted by Gasteiger charge is 2.42. The standard InChI is InChI=1S/C20H21F2N5O5/c21-17(22)13-9-32-20(29)27(13)15-6-26-3-4-31-14-5-11(1-2-12(14)19(26)25-15)24-16(18(23)28)10-7-30-8-10/h1-2,5-6,10,13,16-17,24H,3-4,7-9H2,(H2,23,28). The summed E-state index contributed by atoms with van der Waals surface area (Å²) in [6.07, 6.45) is -2.06. The lowest BCUT2D eigenvalue weighted by atomic mass is 9.97. The predicted octanol–water partition coefficient (Wildman–Crippen LogP) is 1.44. The van der Waals surface area contributed by atoms with Crippen LogP contribution in [-0.4, -0.2) is 66.5 Å². The van der Waals surface area contributed by atoms with E-state index < -0.39 is 30.5 Å². The number of imidazole rings is 1. The van der Waals surface area contributed by atoms with E-state index in [1.165, 1.54) is 0 Å². The Morgan fingerprint density at radius 2 is 2.06 bits per heavy atom. The Labute approximate surface area is 181 Å². The summed E-state index contributed by atoms with van der Waals surface area (Å²) in [7, 11) is 0. The molecule has 3 aliphatic heterocycles. The number of fused-ring (bicyclic) bond motifs is 3. The number of amides is 2. The number of aromatic nitrogens is 2. The molecule has 170 valence electrons. The minimum atomic E-state index is -2.76. The fourth-order valence-electron chi connectivity index (χ4n) is 4.01. The minimum absolute atomic E-state index is 0.00307. The number of hydrogen-bond acceptors (Lipinski definition) is 7. The molecule has 0 saturated carbocycles. The molecule has 12 heteroatoms. The zero-order valence-electron chi connectivity index (χ0n) is 16.9. The van der Waals surface area contributed by atoms with Gasteiger partial charge in [-0.1, -0.05) is 0 Å². The van der Waals surface area contributed by atoms with Crippen LogP contribution in [0.1, 0.15) is 0 Å². The quantitative estimate of drug-likeness (QED) is 0.685. The first-order valence-electron chi connectivity index (χ1n) is 10.1. The first-order chi connectivity index (χ1) is 15.4. The van der Waals surface area contributed by atoms with Crippen molar-refractivity contribution in [2.45, 2.75) is 25.1 Å². The summed E-state index contributed by atoms with van der Waals surface area (Å²) in [4.78, 5) is 29.2. The van der Waals surface area contributed by atoms with Crippen molar-refractivity contribution in [1.29, 1.82) is 0 Å². The van der Waals surface area contributed by atoms with Crippen molar-refractivity contribution in [3.8, 4) is 17.1 Å². The Bertz CT molecular complexity index is 1060. The summed E-state index contributed by atoms with van der Waals surface area (Å²) in [5.41, 5.74) is 6.80. The fourth-order valence-corrected chi connectivity index (χ4v) is 4.01. The van der Waals surface area contributed by atoms with Crippen LogP contribution < -0.4 is 20.7 Å². The van der Waals surface area contributed by atoms with E-state index in [0.29, 0.717) is 49.2 Å². The molecular weight excluding hydrogens is 428 g/mol. The van der Waals surface area contributed by atoms with E-state index in [2.05, 4.69) is 10.3 Å². The summed E-state index contributed by atoms with van der Waals surface area (Å²) in [5, 5.41) is 3.13. The van der Waals surface area contributed by atoms with Gasteiger partial charge in [0.15, 0.2) is 5.82 Å². The van der Waals surface area contributed by atoms with Crippen LogP contribution in [0.5, 0.6) is 5.75 Å². The lowest BCUT2D eigenvalue weighted by Crippen LogP contribution is -2.49. The smallest absolute Gasteiger partial charge is 0.416 e. The number of ether oxygens (including phenoxy) is 3. The third-order valence-corrected chi connectivity index (χ3v) is 5.78. The van der Waals surface area contributed by atoms with Gasteiger partial charge in [-0.25, -0.2) is 23.5 Å². The number of nitrogens with one attached hydrogen (secondary N) is 1. The number of carbonyl (C=O) groups excluding carboxylic acids is 2. The molecule has 32 heavy (non-hydrogen) atoms. The van der Waals surface area contributed by atoms with Crippen LogP contribution >= 0.6 is 0 Å². The molecule has 2 fully saturated rings. The third kappa shape index (κ3) is 3.49. The van der Waals surface area contributed by atoms with E-state index in [-0.39, 0.29) is 18.3 Å². The van der Waals surface area contributed by atoms with Crippen molar-refractivity contribution in [3.63, 3.8) is 0 Å². The first-order valence-corrected chi connectivity index (χ1v) is 10.1. The van der Waals surface area contributed by atoms with Crippen LogP contribution in [0, 0.1) is 5.92 Å². The lowest BCUT2D eigenvalue weighted by Gasteiger charge is -2.32. The first kappa shape index (κ1) is 20.5. The fraction of sp³-hybridized carbons (Fsp3) is 0.450. The molecule has 2 atom stereocenters. The van der Waals surface area contributed by atoms with E-state index in [1.54, 1.807) is 29.0 Å². The summed E-state index contributed by atoms with van der Waals surface area (Å²) in [6.45, 7) is 1.24. The SMILES string of the molecule is NC(=O)C(Nc1ccc2c(c1)OCCn1cc(N3C(=O)OCC3C(F)F)nc1-2)C1COC1.